The molecule has 0 saturated heterocycles. The predicted molar refractivity (Wildman–Crippen MR) is 59.9 cm³/mol. The van der Waals surface area contributed by atoms with E-state index in [1.165, 1.54) is 43.2 Å². The lowest BCUT2D eigenvalue weighted by Crippen LogP contribution is -1.87. The Morgan fingerprint density at radius 2 is 1.73 bits per heavy atom. The SMILES string of the molecule is Fc1ccc(C2=C(C3CC3)CCC2)cc1. The van der Waals surface area contributed by atoms with E-state index in [0.717, 1.165) is 5.92 Å². The van der Waals surface area contributed by atoms with E-state index in [2.05, 4.69) is 0 Å². The molecule has 0 atom stereocenters. The molecule has 0 unspecified atom stereocenters. The molecule has 1 aromatic rings. The second kappa shape index (κ2) is 3.48. The highest BCUT2D eigenvalue weighted by molar-refractivity contribution is 5.71. The Kier molecular flexibility index (Phi) is 2.12. The minimum atomic E-state index is -0.134. The molecule has 1 saturated carbocycles. The van der Waals surface area contributed by atoms with Crippen molar-refractivity contribution in [1.82, 2.24) is 0 Å². The minimum absolute atomic E-state index is 0.134. The van der Waals surface area contributed by atoms with E-state index in [9.17, 15) is 4.39 Å². The van der Waals surface area contributed by atoms with Crippen LogP contribution in [0.2, 0.25) is 0 Å². The molecule has 15 heavy (non-hydrogen) atoms. The average molecular weight is 202 g/mol. The first kappa shape index (κ1) is 9.14. The van der Waals surface area contributed by atoms with Gasteiger partial charge in [-0.2, -0.15) is 0 Å². The van der Waals surface area contributed by atoms with Gasteiger partial charge in [0.2, 0.25) is 0 Å². The standard InChI is InChI=1S/C14H15F/c15-12-8-6-11(7-9-12)14-3-1-2-13(14)10-4-5-10/h6-10H,1-5H2. The number of allylic oxidation sites excluding steroid dienone is 2. The average Bonchev–Trinajstić information content (AvgIpc) is 2.98. The van der Waals surface area contributed by atoms with Crippen LogP contribution in [-0.4, -0.2) is 0 Å². The number of halogens is 1. The zero-order chi connectivity index (χ0) is 10.3. The van der Waals surface area contributed by atoms with Crippen molar-refractivity contribution in [2.45, 2.75) is 32.1 Å². The Hall–Kier alpha value is -1.11. The Labute approximate surface area is 89.8 Å². The molecule has 1 heteroatoms. The second-order valence-corrected chi connectivity index (χ2v) is 4.64. The molecule has 2 aliphatic carbocycles. The van der Waals surface area contributed by atoms with Gasteiger partial charge in [0.25, 0.3) is 0 Å². The van der Waals surface area contributed by atoms with E-state index in [-0.39, 0.29) is 5.82 Å². The summed E-state index contributed by atoms with van der Waals surface area (Å²) in [5, 5.41) is 0. The topological polar surface area (TPSA) is 0 Å². The van der Waals surface area contributed by atoms with Crippen molar-refractivity contribution in [3.63, 3.8) is 0 Å². The molecule has 0 spiro atoms. The Bertz CT molecular complexity index is 396. The molecule has 2 aliphatic rings. The van der Waals surface area contributed by atoms with Gasteiger partial charge >= 0.3 is 0 Å². The summed E-state index contributed by atoms with van der Waals surface area (Å²) in [5.74, 6) is 0.734. The van der Waals surface area contributed by atoms with Crippen LogP contribution in [0.25, 0.3) is 5.57 Å². The van der Waals surface area contributed by atoms with Crippen LogP contribution in [-0.2, 0) is 0 Å². The summed E-state index contributed by atoms with van der Waals surface area (Å²) in [6.07, 6.45) is 6.51. The van der Waals surface area contributed by atoms with Crippen molar-refractivity contribution < 1.29 is 4.39 Å². The van der Waals surface area contributed by atoms with E-state index in [0.29, 0.717) is 0 Å². The molecule has 0 radical (unpaired) electrons. The summed E-state index contributed by atoms with van der Waals surface area (Å²) < 4.78 is 12.8. The molecular formula is C14H15F. The number of rotatable bonds is 2. The van der Waals surface area contributed by atoms with Crippen LogP contribution in [0, 0.1) is 11.7 Å². The zero-order valence-corrected chi connectivity index (χ0v) is 8.80. The maximum atomic E-state index is 12.8. The molecular weight excluding hydrogens is 187 g/mol. The van der Waals surface area contributed by atoms with Gasteiger partial charge in [0.1, 0.15) is 5.82 Å². The largest absolute Gasteiger partial charge is 0.207 e. The van der Waals surface area contributed by atoms with Gasteiger partial charge in [-0.1, -0.05) is 17.7 Å². The molecule has 0 aliphatic heterocycles. The van der Waals surface area contributed by atoms with Crippen LogP contribution >= 0.6 is 0 Å². The second-order valence-electron chi connectivity index (χ2n) is 4.64. The van der Waals surface area contributed by atoms with Crippen molar-refractivity contribution in [3.8, 4) is 0 Å². The van der Waals surface area contributed by atoms with Crippen LogP contribution in [0.5, 0.6) is 0 Å². The van der Waals surface area contributed by atoms with Gasteiger partial charge in [0.15, 0.2) is 0 Å². The number of hydrogen-bond donors (Lipinski definition) is 0. The van der Waals surface area contributed by atoms with Gasteiger partial charge in [-0.05, 0) is 61.3 Å². The number of benzene rings is 1. The summed E-state index contributed by atoms with van der Waals surface area (Å²) in [7, 11) is 0. The zero-order valence-electron chi connectivity index (χ0n) is 8.80. The summed E-state index contributed by atoms with van der Waals surface area (Å²) >= 11 is 0. The Morgan fingerprint density at radius 1 is 1.00 bits per heavy atom. The van der Waals surface area contributed by atoms with Crippen molar-refractivity contribution in [1.29, 1.82) is 0 Å². The van der Waals surface area contributed by atoms with Crippen molar-refractivity contribution in [2.75, 3.05) is 0 Å². The smallest absolute Gasteiger partial charge is 0.123 e. The normalized spacial score (nSPS) is 21.1. The van der Waals surface area contributed by atoms with Crippen LogP contribution in [0.15, 0.2) is 29.8 Å². The summed E-state index contributed by atoms with van der Waals surface area (Å²) in [4.78, 5) is 0. The van der Waals surface area contributed by atoms with Gasteiger partial charge in [-0.3, -0.25) is 0 Å². The molecule has 0 amide bonds. The monoisotopic (exact) mass is 202 g/mol. The first-order valence-corrected chi connectivity index (χ1v) is 5.82. The molecule has 0 aromatic heterocycles. The van der Waals surface area contributed by atoms with E-state index >= 15 is 0 Å². The predicted octanol–water partition coefficient (Wildman–Crippen LogP) is 4.17. The molecule has 1 fully saturated rings. The minimum Gasteiger partial charge on any atom is -0.207 e. The third-order valence-electron chi connectivity index (χ3n) is 3.52. The fourth-order valence-corrected chi connectivity index (χ4v) is 2.63. The molecule has 0 nitrogen and oxygen atoms in total. The molecule has 0 bridgehead atoms. The lowest BCUT2D eigenvalue weighted by Gasteiger charge is -2.06. The maximum absolute atomic E-state index is 12.8. The maximum Gasteiger partial charge on any atom is 0.123 e. The summed E-state index contributed by atoms with van der Waals surface area (Å²) in [6, 6.07) is 7.01. The third kappa shape index (κ3) is 1.71. The van der Waals surface area contributed by atoms with Gasteiger partial charge in [0, 0.05) is 0 Å². The number of hydrogen-bond acceptors (Lipinski definition) is 0. The van der Waals surface area contributed by atoms with Crippen molar-refractivity contribution in [2.24, 2.45) is 5.92 Å². The van der Waals surface area contributed by atoms with Gasteiger partial charge < -0.3 is 0 Å². The van der Waals surface area contributed by atoms with E-state index in [1.807, 2.05) is 12.1 Å². The van der Waals surface area contributed by atoms with Crippen LogP contribution in [0.4, 0.5) is 4.39 Å². The highest BCUT2D eigenvalue weighted by atomic mass is 19.1. The van der Waals surface area contributed by atoms with Crippen LogP contribution in [0.1, 0.15) is 37.7 Å². The highest BCUT2D eigenvalue weighted by Gasteiger charge is 2.30. The third-order valence-corrected chi connectivity index (χ3v) is 3.52. The van der Waals surface area contributed by atoms with E-state index < -0.39 is 0 Å². The fraction of sp³-hybridized carbons (Fsp3) is 0.429. The quantitative estimate of drug-likeness (QED) is 0.675. The Morgan fingerprint density at radius 3 is 2.40 bits per heavy atom. The first-order valence-electron chi connectivity index (χ1n) is 5.82. The fourth-order valence-electron chi connectivity index (χ4n) is 2.63. The van der Waals surface area contributed by atoms with Crippen LogP contribution in [0.3, 0.4) is 0 Å². The highest BCUT2D eigenvalue weighted by Crippen LogP contribution is 2.47. The van der Waals surface area contributed by atoms with Crippen LogP contribution < -0.4 is 0 Å². The molecule has 0 heterocycles. The lowest BCUT2D eigenvalue weighted by molar-refractivity contribution is 0.627. The van der Waals surface area contributed by atoms with E-state index in [4.69, 9.17) is 0 Å². The first-order chi connectivity index (χ1) is 7.34. The molecule has 78 valence electrons. The molecule has 1 aromatic carbocycles. The Balaban J connectivity index is 1.97. The van der Waals surface area contributed by atoms with Gasteiger partial charge in [-0.25, -0.2) is 4.39 Å². The summed E-state index contributed by atoms with van der Waals surface area (Å²) in [5.41, 5.74) is 4.43. The molecule has 3 rings (SSSR count). The summed E-state index contributed by atoms with van der Waals surface area (Å²) in [6.45, 7) is 0. The van der Waals surface area contributed by atoms with Crippen molar-refractivity contribution >= 4 is 5.57 Å². The van der Waals surface area contributed by atoms with Gasteiger partial charge in [-0.15, -0.1) is 0 Å². The van der Waals surface area contributed by atoms with Crippen molar-refractivity contribution in [3.05, 3.63) is 41.2 Å². The van der Waals surface area contributed by atoms with Gasteiger partial charge in [0.05, 0.1) is 0 Å². The van der Waals surface area contributed by atoms with E-state index in [1.54, 1.807) is 17.7 Å². The lowest BCUT2D eigenvalue weighted by atomic mass is 9.99. The molecule has 0 N–H and O–H groups in total.